The lowest BCUT2D eigenvalue weighted by atomic mass is 10.1. The Hall–Kier alpha value is -4.43. The van der Waals surface area contributed by atoms with Gasteiger partial charge in [-0.3, -0.25) is 9.55 Å². The lowest BCUT2D eigenvalue weighted by Crippen LogP contribution is -2.01. The Labute approximate surface area is 204 Å². The van der Waals surface area contributed by atoms with Gasteiger partial charge in [0.15, 0.2) is 11.0 Å². The van der Waals surface area contributed by atoms with Gasteiger partial charge in [-0.25, -0.2) is 4.98 Å². The standard InChI is InChI=1S/C27H19N5O2S/c33-22-10-4-6-17-11-13-21(29-24(17)22)26-30-31-27(32(26)19-7-2-1-3-8-19)35-16-18-12-14-23(34)25-20(18)9-5-15-28-25/h1-15,33-34H,16H2. The number of phenols is 2. The average molecular weight is 478 g/mol. The van der Waals surface area contributed by atoms with Gasteiger partial charge in [-0.15, -0.1) is 10.2 Å². The Balaban J connectivity index is 1.43. The van der Waals surface area contributed by atoms with Crippen LogP contribution >= 0.6 is 11.8 Å². The van der Waals surface area contributed by atoms with Crippen molar-refractivity contribution in [3.63, 3.8) is 0 Å². The number of aromatic hydroxyl groups is 2. The first-order valence-electron chi connectivity index (χ1n) is 11.0. The summed E-state index contributed by atoms with van der Waals surface area (Å²) in [5.74, 6) is 1.48. The highest BCUT2D eigenvalue weighted by Gasteiger charge is 2.18. The highest BCUT2D eigenvalue weighted by Crippen LogP contribution is 2.33. The molecule has 0 bridgehead atoms. The zero-order valence-corrected chi connectivity index (χ0v) is 19.2. The summed E-state index contributed by atoms with van der Waals surface area (Å²) in [5.41, 5.74) is 3.66. The van der Waals surface area contributed by atoms with Crippen molar-refractivity contribution < 1.29 is 10.2 Å². The van der Waals surface area contributed by atoms with Crippen molar-refractivity contribution in [3.8, 4) is 28.7 Å². The van der Waals surface area contributed by atoms with E-state index in [0.29, 0.717) is 33.5 Å². The molecule has 0 saturated heterocycles. The van der Waals surface area contributed by atoms with Gasteiger partial charge >= 0.3 is 0 Å². The first-order valence-corrected chi connectivity index (χ1v) is 12.0. The molecule has 0 aliphatic carbocycles. The number of benzene rings is 3. The molecule has 6 aromatic rings. The van der Waals surface area contributed by atoms with E-state index in [1.165, 1.54) is 0 Å². The van der Waals surface area contributed by atoms with Gasteiger partial charge in [-0.05, 0) is 42.0 Å². The van der Waals surface area contributed by atoms with Crippen LogP contribution in [0.3, 0.4) is 0 Å². The quantitative estimate of drug-likeness (QED) is 0.306. The van der Waals surface area contributed by atoms with Crippen LogP contribution in [-0.4, -0.2) is 34.9 Å². The number of para-hydroxylation sites is 2. The fourth-order valence-corrected chi connectivity index (χ4v) is 5.04. The fourth-order valence-electron chi connectivity index (χ4n) is 4.08. The third kappa shape index (κ3) is 3.83. The smallest absolute Gasteiger partial charge is 0.196 e. The molecule has 6 rings (SSSR count). The van der Waals surface area contributed by atoms with E-state index in [1.54, 1.807) is 36.2 Å². The number of hydrogen-bond acceptors (Lipinski definition) is 7. The maximum absolute atomic E-state index is 10.3. The van der Waals surface area contributed by atoms with Gasteiger partial charge in [0.1, 0.15) is 28.2 Å². The van der Waals surface area contributed by atoms with E-state index < -0.39 is 0 Å². The van der Waals surface area contributed by atoms with Crippen LogP contribution in [0.5, 0.6) is 11.5 Å². The average Bonchev–Trinajstić information content (AvgIpc) is 3.33. The van der Waals surface area contributed by atoms with Crippen LogP contribution in [0.4, 0.5) is 0 Å². The number of rotatable bonds is 5. The molecule has 7 nitrogen and oxygen atoms in total. The van der Waals surface area contributed by atoms with Crippen LogP contribution in [0, 0.1) is 0 Å². The topological polar surface area (TPSA) is 97.0 Å². The summed E-state index contributed by atoms with van der Waals surface area (Å²) in [5, 5.41) is 31.9. The van der Waals surface area contributed by atoms with Gasteiger partial charge in [0.2, 0.25) is 0 Å². The summed E-state index contributed by atoms with van der Waals surface area (Å²) < 4.78 is 1.97. The van der Waals surface area contributed by atoms with Crippen molar-refractivity contribution in [3.05, 3.63) is 96.7 Å². The van der Waals surface area contributed by atoms with E-state index in [4.69, 9.17) is 4.98 Å². The molecule has 0 amide bonds. The molecular weight excluding hydrogens is 458 g/mol. The lowest BCUT2D eigenvalue weighted by Gasteiger charge is -2.11. The molecule has 0 saturated carbocycles. The predicted octanol–water partition coefficient (Wildman–Crippen LogP) is 5.73. The zero-order chi connectivity index (χ0) is 23.8. The van der Waals surface area contributed by atoms with E-state index in [2.05, 4.69) is 15.2 Å². The van der Waals surface area contributed by atoms with Crippen LogP contribution in [0.25, 0.3) is 39.0 Å². The van der Waals surface area contributed by atoms with Crippen LogP contribution in [0.1, 0.15) is 5.56 Å². The van der Waals surface area contributed by atoms with Crippen molar-refractivity contribution >= 4 is 33.6 Å². The molecular formula is C27H19N5O2S. The molecule has 3 aromatic heterocycles. The second-order valence-corrected chi connectivity index (χ2v) is 8.90. The molecule has 0 atom stereocenters. The summed E-state index contributed by atoms with van der Waals surface area (Å²) in [6.07, 6.45) is 1.67. The Morgan fingerprint density at radius 3 is 2.49 bits per heavy atom. The SMILES string of the molecule is Oc1cccc2ccc(-c3nnc(SCc4ccc(O)c5ncccc45)n3-c3ccccc3)nc12. The van der Waals surface area contributed by atoms with Crippen molar-refractivity contribution in [2.75, 3.05) is 0 Å². The number of fused-ring (bicyclic) bond motifs is 2. The van der Waals surface area contributed by atoms with Crippen LogP contribution in [0.15, 0.2) is 96.3 Å². The summed E-state index contributed by atoms with van der Waals surface area (Å²) in [6, 6.07) is 26.4. The number of phenolic OH excluding ortho intramolecular Hbond substituents is 2. The monoisotopic (exact) mass is 477 g/mol. The first-order chi connectivity index (χ1) is 17.2. The highest BCUT2D eigenvalue weighted by molar-refractivity contribution is 7.98. The highest BCUT2D eigenvalue weighted by atomic mass is 32.2. The van der Waals surface area contributed by atoms with Crippen LogP contribution in [-0.2, 0) is 5.75 Å². The fraction of sp³-hybridized carbons (Fsp3) is 0.0370. The molecule has 170 valence electrons. The summed E-state index contributed by atoms with van der Waals surface area (Å²) >= 11 is 1.54. The summed E-state index contributed by atoms with van der Waals surface area (Å²) in [6.45, 7) is 0. The van der Waals surface area contributed by atoms with E-state index in [-0.39, 0.29) is 11.5 Å². The van der Waals surface area contributed by atoms with Gasteiger partial charge < -0.3 is 10.2 Å². The second-order valence-electron chi connectivity index (χ2n) is 7.95. The summed E-state index contributed by atoms with van der Waals surface area (Å²) in [4.78, 5) is 9.01. The molecule has 0 aliphatic heterocycles. The third-order valence-electron chi connectivity index (χ3n) is 5.77. The van der Waals surface area contributed by atoms with E-state index in [9.17, 15) is 10.2 Å². The number of thioether (sulfide) groups is 1. The van der Waals surface area contributed by atoms with Crippen molar-refractivity contribution in [1.82, 2.24) is 24.7 Å². The molecule has 0 spiro atoms. The molecule has 2 N–H and O–H groups in total. The Morgan fingerprint density at radius 1 is 0.743 bits per heavy atom. The van der Waals surface area contributed by atoms with Gasteiger partial charge in [0.05, 0.1) is 0 Å². The number of aromatic nitrogens is 5. The Morgan fingerprint density at radius 2 is 1.60 bits per heavy atom. The Bertz CT molecular complexity index is 1680. The third-order valence-corrected chi connectivity index (χ3v) is 6.75. The molecule has 0 aliphatic rings. The first kappa shape index (κ1) is 21.1. The van der Waals surface area contributed by atoms with Gasteiger partial charge in [-0.2, -0.15) is 0 Å². The largest absolute Gasteiger partial charge is 0.506 e. The van der Waals surface area contributed by atoms with E-state index >= 15 is 0 Å². The Kier molecular flexibility index (Phi) is 5.27. The molecule has 0 fully saturated rings. The molecule has 0 unspecified atom stereocenters. The number of nitrogens with zero attached hydrogens (tertiary/aromatic N) is 5. The molecule has 8 heteroatoms. The second kappa shape index (κ2) is 8.73. The minimum absolute atomic E-state index is 0.123. The van der Waals surface area contributed by atoms with Crippen molar-refractivity contribution in [1.29, 1.82) is 0 Å². The number of pyridine rings is 2. The van der Waals surface area contributed by atoms with Crippen molar-refractivity contribution in [2.24, 2.45) is 0 Å². The molecule has 35 heavy (non-hydrogen) atoms. The van der Waals surface area contributed by atoms with Crippen LogP contribution < -0.4 is 0 Å². The minimum Gasteiger partial charge on any atom is -0.506 e. The normalized spacial score (nSPS) is 11.3. The van der Waals surface area contributed by atoms with Crippen molar-refractivity contribution in [2.45, 2.75) is 10.9 Å². The summed E-state index contributed by atoms with van der Waals surface area (Å²) in [7, 11) is 0. The van der Waals surface area contributed by atoms with Gasteiger partial charge in [0.25, 0.3) is 0 Å². The maximum atomic E-state index is 10.3. The van der Waals surface area contributed by atoms with Gasteiger partial charge in [-0.1, -0.05) is 60.3 Å². The number of hydrogen-bond donors (Lipinski definition) is 2. The maximum Gasteiger partial charge on any atom is 0.196 e. The minimum atomic E-state index is 0.123. The van der Waals surface area contributed by atoms with Crippen LogP contribution in [0.2, 0.25) is 0 Å². The lowest BCUT2D eigenvalue weighted by molar-refractivity contribution is 0.480. The zero-order valence-electron chi connectivity index (χ0n) is 18.4. The van der Waals surface area contributed by atoms with E-state index in [1.807, 2.05) is 71.3 Å². The predicted molar refractivity (Wildman–Crippen MR) is 137 cm³/mol. The molecule has 0 radical (unpaired) electrons. The molecule has 3 aromatic carbocycles. The molecule has 3 heterocycles. The van der Waals surface area contributed by atoms with E-state index in [0.717, 1.165) is 22.0 Å². The van der Waals surface area contributed by atoms with Gasteiger partial charge in [0, 0.05) is 28.4 Å².